The lowest BCUT2D eigenvalue weighted by atomic mass is 9.77. The first-order valence-corrected chi connectivity index (χ1v) is 8.11. The van der Waals surface area contributed by atoms with Gasteiger partial charge in [-0.3, -0.25) is 0 Å². The molecule has 1 fully saturated rings. The lowest BCUT2D eigenvalue weighted by molar-refractivity contribution is 0.0189. The number of rotatable bonds is 8. The molecule has 3 heteroatoms. The van der Waals surface area contributed by atoms with Crippen LogP contribution in [0.1, 0.15) is 59.3 Å². The molecule has 19 heavy (non-hydrogen) atoms. The fourth-order valence-electron chi connectivity index (χ4n) is 3.35. The molecule has 0 spiro atoms. The van der Waals surface area contributed by atoms with Crippen molar-refractivity contribution in [3.63, 3.8) is 0 Å². The van der Waals surface area contributed by atoms with Gasteiger partial charge in [-0.15, -0.1) is 0 Å². The van der Waals surface area contributed by atoms with Gasteiger partial charge in [-0.2, -0.15) is 0 Å². The lowest BCUT2D eigenvalue weighted by Crippen LogP contribution is -2.42. The SMILES string of the molecule is CCCC1CCC(O)C(CN(CCCO)C(C)C)C1. The Morgan fingerprint density at radius 2 is 2.00 bits per heavy atom. The summed E-state index contributed by atoms with van der Waals surface area (Å²) in [6.07, 6.45) is 6.62. The summed E-state index contributed by atoms with van der Waals surface area (Å²) < 4.78 is 0. The zero-order chi connectivity index (χ0) is 14.3. The molecule has 1 aliphatic carbocycles. The third-order valence-corrected chi connectivity index (χ3v) is 4.55. The van der Waals surface area contributed by atoms with Gasteiger partial charge in [0.15, 0.2) is 0 Å². The second-order valence-corrected chi connectivity index (χ2v) is 6.46. The van der Waals surface area contributed by atoms with E-state index in [0.29, 0.717) is 12.0 Å². The van der Waals surface area contributed by atoms with E-state index >= 15 is 0 Å². The number of nitrogens with zero attached hydrogens (tertiary/aromatic N) is 1. The van der Waals surface area contributed by atoms with Gasteiger partial charge in [0.25, 0.3) is 0 Å². The van der Waals surface area contributed by atoms with Gasteiger partial charge < -0.3 is 15.1 Å². The average molecular weight is 271 g/mol. The Morgan fingerprint density at radius 3 is 2.58 bits per heavy atom. The number of hydrogen-bond donors (Lipinski definition) is 2. The molecule has 0 amide bonds. The van der Waals surface area contributed by atoms with Gasteiger partial charge >= 0.3 is 0 Å². The molecular weight excluding hydrogens is 238 g/mol. The maximum absolute atomic E-state index is 10.2. The molecule has 1 saturated carbocycles. The van der Waals surface area contributed by atoms with Gasteiger partial charge in [0.05, 0.1) is 6.10 Å². The summed E-state index contributed by atoms with van der Waals surface area (Å²) in [5, 5.41) is 19.2. The first-order valence-electron chi connectivity index (χ1n) is 8.11. The van der Waals surface area contributed by atoms with Gasteiger partial charge in [0.2, 0.25) is 0 Å². The molecule has 0 radical (unpaired) electrons. The van der Waals surface area contributed by atoms with Crippen molar-refractivity contribution < 1.29 is 10.2 Å². The van der Waals surface area contributed by atoms with Crippen molar-refractivity contribution in [2.24, 2.45) is 11.8 Å². The fraction of sp³-hybridized carbons (Fsp3) is 1.00. The predicted molar refractivity (Wildman–Crippen MR) is 80.2 cm³/mol. The summed E-state index contributed by atoms with van der Waals surface area (Å²) in [5.74, 6) is 1.23. The molecule has 0 bridgehead atoms. The van der Waals surface area contributed by atoms with Gasteiger partial charge in [0.1, 0.15) is 0 Å². The summed E-state index contributed by atoms with van der Waals surface area (Å²) in [7, 11) is 0. The van der Waals surface area contributed by atoms with E-state index in [4.69, 9.17) is 5.11 Å². The van der Waals surface area contributed by atoms with Crippen molar-refractivity contribution in [1.29, 1.82) is 0 Å². The summed E-state index contributed by atoms with van der Waals surface area (Å²) in [6.45, 7) is 8.84. The van der Waals surface area contributed by atoms with E-state index in [1.807, 2.05) is 0 Å². The molecule has 0 heterocycles. The normalized spacial score (nSPS) is 28.3. The summed E-state index contributed by atoms with van der Waals surface area (Å²) in [4.78, 5) is 2.42. The van der Waals surface area contributed by atoms with Crippen LogP contribution in [0.3, 0.4) is 0 Å². The van der Waals surface area contributed by atoms with Crippen LogP contribution in [-0.2, 0) is 0 Å². The molecule has 0 saturated heterocycles. The van der Waals surface area contributed by atoms with Gasteiger partial charge in [-0.25, -0.2) is 0 Å². The Hall–Kier alpha value is -0.120. The molecule has 0 aromatic rings. The number of aliphatic hydroxyl groups excluding tert-OH is 2. The molecule has 3 unspecified atom stereocenters. The van der Waals surface area contributed by atoms with Crippen LogP contribution in [0, 0.1) is 11.8 Å². The Morgan fingerprint density at radius 1 is 1.26 bits per heavy atom. The van der Waals surface area contributed by atoms with E-state index in [1.54, 1.807) is 0 Å². The Balaban J connectivity index is 2.49. The molecule has 3 nitrogen and oxygen atoms in total. The van der Waals surface area contributed by atoms with Crippen molar-refractivity contribution in [2.45, 2.75) is 71.4 Å². The highest BCUT2D eigenvalue weighted by Crippen LogP contribution is 2.33. The minimum atomic E-state index is -0.122. The highest BCUT2D eigenvalue weighted by molar-refractivity contribution is 4.82. The largest absolute Gasteiger partial charge is 0.396 e. The van der Waals surface area contributed by atoms with Crippen molar-refractivity contribution in [2.75, 3.05) is 19.7 Å². The summed E-state index contributed by atoms with van der Waals surface area (Å²) in [5.41, 5.74) is 0. The number of hydrogen-bond acceptors (Lipinski definition) is 3. The van der Waals surface area contributed by atoms with Crippen LogP contribution in [0.4, 0.5) is 0 Å². The van der Waals surface area contributed by atoms with Crippen LogP contribution >= 0.6 is 0 Å². The van der Waals surface area contributed by atoms with Crippen molar-refractivity contribution >= 4 is 0 Å². The minimum Gasteiger partial charge on any atom is -0.396 e. The monoisotopic (exact) mass is 271 g/mol. The van der Waals surface area contributed by atoms with Crippen LogP contribution in [-0.4, -0.2) is 47.0 Å². The third kappa shape index (κ3) is 5.80. The fourth-order valence-corrected chi connectivity index (χ4v) is 3.35. The minimum absolute atomic E-state index is 0.122. The van der Waals surface area contributed by atoms with E-state index in [0.717, 1.165) is 31.8 Å². The highest BCUT2D eigenvalue weighted by atomic mass is 16.3. The lowest BCUT2D eigenvalue weighted by Gasteiger charge is -2.38. The van der Waals surface area contributed by atoms with Crippen molar-refractivity contribution in [1.82, 2.24) is 4.90 Å². The topological polar surface area (TPSA) is 43.7 Å². The molecule has 0 aliphatic heterocycles. The van der Waals surface area contributed by atoms with Crippen LogP contribution in [0.25, 0.3) is 0 Å². The first-order chi connectivity index (χ1) is 9.08. The van der Waals surface area contributed by atoms with Gasteiger partial charge in [-0.05, 0) is 51.4 Å². The zero-order valence-corrected chi connectivity index (χ0v) is 13.0. The number of aliphatic hydroxyl groups is 2. The van der Waals surface area contributed by atoms with Gasteiger partial charge in [-0.1, -0.05) is 19.8 Å². The van der Waals surface area contributed by atoms with Crippen LogP contribution < -0.4 is 0 Å². The molecule has 1 rings (SSSR count). The van der Waals surface area contributed by atoms with E-state index < -0.39 is 0 Å². The Labute approximate surface area is 119 Å². The standard InChI is InChI=1S/C16H33NO2/c1-4-6-14-7-8-16(19)15(11-14)12-17(13(2)3)9-5-10-18/h13-16,18-19H,4-12H2,1-3H3. The predicted octanol–water partition coefficient (Wildman–Crippen LogP) is 2.66. The Bertz CT molecular complexity index is 233. The third-order valence-electron chi connectivity index (χ3n) is 4.55. The summed E-state index contributed by atoms with van der Waals surface area (Å²) in [6, 6.07) is 0.491. The average Bonchev–Trinajstić information content (AvgIpc) is 2.38. The van der Waals surface area contributed by atoms with Crippen molar-refractivity contribution in [3.8, 4) is 0 Å². The molecule has 114 valence electrons. The second kappa shape index (κ2) is 8.93. The zero-order valence-electron chi connectivity index (χ0n) is 13.0. The molecule has 0 aromatic heterocycles. The smallest absolute Gasteiger partial charge is 0.0580 e. The van der Waals surface area contributed by atoms with E-state index in [2.05, 4.69) is 25.7 Å². The maximum atomic E-state index is 10.2. The quantitative estimate of drug-likeness (QED) is 0.713. The first kappa shape index (κ1) is 16.9. The molecule has 1 aliphatic rings. The molecule has 2 N–H and O–H groups in total. The highest BCUT2D eigenvalue weighted by Gasteiger charge is 2.30. The maximum Gasteiger partial charge on any atom is 0.0580 e. The van der Waals surface area contributed by atoms with E-state index in [9.17, 15) is 5.11 Å². The van der Waals surface area contributed by atoms with Crippen LogP contribution in [0.2, 0.25) is 0 Å². The molecular formula is C16H33NO2. The summed E-state index contributed by atoms with van der Waals surface area (Å²) >= 11 is 0. The van der Waals surface area contributed by atoms with Crippen LogP contribution in [0.5, 0.6) is 0 Å². The van der Waals surface area contributed by atoms with Crippen molar-refractivity contribution in [3.05, 3.63) is 0 Å². The molecule has 0 aromatic carbocycles. The van der Waals surface area contributed by atoms with Gasteiger partial charge in [0, 0.05) is 25.7 Å². The molecule has 3 atom stereocenters. The second-order valence-electron chi connectivity index (χ2n) is 6.46. The van der Waals surface area contributed by atoms with E-state index in [1.165, 1.54) is 25.7 Å². The van der Waals surface area contributed by atoms with E-state index in [-0.39, 0.29) is 12.7 Å². The Kier molecular flexibility index (Phi) is 7.96. The van der Waals surface area contributed by atoms with Crippen LogP contribution in [0.15, 0.2) is 0 Å².